The van der Waals surface area contributed by atoms with Crippen LogP contribution in [0.1, 0.15) is 37.3 Å². The Labute approximate surface area is 148 Å². The number of benzene rings is 1. The van der Waals surface area contributed by atoms with E-state index in [2.05, 4.69) is 10.1 Å². The van der Waals surface area contributed by atoms with Gasteiger partial charge < -0.3 is 19.9 Å². The van der Waals surface area contributed by atoms with Gasteiger partial charge in [0.05, 0.1) is 12.5 Å². The van der Waals surface area contributed by atoms with Crippen molar-refractivity contribution in [3.05, 3.63) is 29.8 Å². The monoisotopic (exact) mass is 375 g/mol. The minimum absolute atomic E-state index is 0.178. The molecule has 0 saturated carbocycles. The Hall–Kier alpha value is -2.29. The zero-order valence-electron chi connectivity index (χ0n) is 13.9. The standard InChI is InChI=1S/C17H20F3NO5/c18-17(19,20)26-13-3-1-12(2-4-13)14(10-16(23)24)21-15(22)9-11-5-7-25-8-6-11/h1-4,11,14H,5-10H2,(H,21,22)(H,23,24). The average Bonchev–Trinajstić information content (AvgIpc) is 2.54. The number of alkyl halides is 3. The summed E-state index contributed by atoms with van der Waals surface area (Å²) in [6.07, 6.45) is -3.39. The van der Waals surface area contributed by atoms with E-state index in [0.29, 0.717) is 18.8 Å². The fraction of sp³-hybridized carbons (Fsp3) is 0.529. The third-order valence-electron chi connectivity index (χ3n) is 4.04. The van der Waals surface area contributed by atoms with E-state index in [-0.39, 0.29) is 24.7 Å². The van der Waals surface area contributed by atoms with Crippen molar-refractivity contribution < 1.29 is 37.3 Å². The predicted octanol–water partition coefficient (Wildman–Crippen LogP) is 3.03. The van der Waals surface area contributed by atoms with Gasteiger partial charge in [-0.3, -0.25) is 9.59 Å². The Morgan fingerprint density at radius 2 is 1.85 bits per heavy atom. The molecule has 1 saturated heterocycles. The molecule has 1 fully saturated rings. The van der Waals surface area contributed by atoms with Crippen molar-refractivity contribution in [3.63, 3.8) is 0 Å². The molecule has 1 heterocycles. The molecule has 1 atom stereocenters. The molecule has 0 spiro atoms. The number of carboxylic acid groups (broad SMARTS) is 1. The minimum Gasteiger partial charge on any atom is -0.481 e. The second-order valence-corrected chi connectivity index (χ2v) is 6.09. The molecule has 1 amide bonds. The molecule has 1 aliphatic heterocycles. The first-order chi connectivity index (χ1) is 12.2. The van der Waals surface area contributed by atoms with Crippen LogP contribution in [-0.4, -0.2) is 36.6 Å². The Bertz CT molecular complexity index is 612. The van der Waals surface area contributed by atoms with Crippen molar-refractivity contribution in [1.29, 1.82) is 0 Å². The largest absolute Gasteiger partial charge is 0.573 e. The Kier molecular flexibility index (Phi) is 6.84. The number of hydrogen-bond acceptors (Lipinski definition) is 4. The molecule has 1 aromatic rings. The number of amides is 1. The lowest BCUT2D eigenvalue weighted by Crippen LogP contribution is -2.32. The van der Waals surface area contributed by atoms with E-state index in [9.17, 15) is 22.8 Å². The molecule has 0 bridgehead atoms. The molecule has 1 aromatic carbocycles. The highest BCUT2D eigenvalue weighted by Gasteiger charge is 2.31. The first-order valence-electron chi connectivity index (χ1n) is 8.17. The van der Waals surface area contributed by atoms with Crippen molar-refractivity contribution in [2.75, 3.05) is 13.2 Å². The number of halogens is 3. The number of carbonyl (C=O) groups excluding carboxylic acids is 1. The summed E-state index contributed by atoms with van der Waals surface area (Å²) in [6, 6.07) is 3.96. The Balaban J connectivity index is 2.01. The highest BCUT2D eigenvalue weighted by molar-refractivity contribution is 5.78. The van der Waals surface area contributed by atoms with Crippen LogP contribution in [0.4, 0.5) is 13.2 Å². The van der Waals surface area contributed by atoms with Crippen LogP contribution < -0.4 is 10.1 Å². The molecule has 26 heavy (non-hydrogen) atoms. The fourth-order valence-electron chi connectivity index (χ4n) is 2.79. The summed E-state index contributed by atoms with van der Waals surface area (Å²) >= 11 is 0. The molecular weight excluding hydrogens is 355 g/mol. The number of carboxylic acids is 1. The summed E-state index contributed by atoms with van der Waals surface area (Å²) < 4.78 is 45.6. The average molecular weight is 375 g/mol. The van der Waals surface area contributed by atoms with E-state index < -0.39 is 24.1 Å². The fourth-order valence-corrected chi connectivity index (χ4v) is 2.79. The Morgan fingerprint density at radius 1 is 1.23 bits per heavy atom. The quantitative estimate of drug-likeness (QED) is 0.765. The smallest absolute Gasteiger partial charge is 0.481 e. The highest BCUT2D eigenvalue weighted by atomic mass is 19.4. The third-order valence-corrected chi connectivity index (χ3v) is 4.04. The van der Waals surface area contributed by atoms with Crippen LogP contribution in [0.5, 0.6) is 5.75 Å². The molecule has 1 aliphatic rings. The van der Waals surface area contributed by atoms with Gasteiger partial charge in [-0.25, -0.2) is 0 Å². The van der Waals surface area contributed by atoms with Crippen LogP contribution in [0.2, 0.25) is 0 Å². The van der Waals surface area contributed by atoms with Crippen molar-refractivity contribution in [3.8, 4) is 5.75 Å². The van der Waals surface area contributed by atoms with Gasteiger partial charge in [-0.05, 0) is 36.5 Å². The maximum absolute atomic E-state index is 12.2. The molecule has 0 aromatic heterocycles. The maximum atomic E-state index is 12.2. The molecule has 9 heteroatoms. The topological polar surface area (TPSA) is 84.9 Å². The van der Waals surface area contributed by atoms with E-state index >= 15 is 0 Å². The maximum Gasteiger partial charge on any atom is 0.573 e. The second kappa shape index (κ2) is 8.88. The van der Waals surface area contributed by atoms with Gasteiger partial charge in [0.25, 0.3) is 0 Å². The molecule has 6 nitrogen and oxygen atoms in total. The van der Waals surface area contributed by atoms with E-state index in [1.807, 2.05) is 0 Å². The van der Waals surface area contributed by atoms with Gasteiger partial charge in [-0.15, -0.1) is 13.2 Å². The van der Waals surface area contributed by atoms with Crippen molar-refractivity contribution >= 4 is 11.9 Å². The summed E-state index contributed by atoms with van der Waals surface area (Å²) in [5, 5.41) is 11.7. The number of nitrogens with one attached hydrogen (secondary N) is 1. The molecule has 1 unspecified atom stereocenters. The lowest BCUT2D eigenvalue weighted by molar-refractivity contribution is -0.274. The van der Waals surface area contributed by atoms with Gasteiger partial charge in [-0.1, -0.05) is 12.1 Å². The third kappa shape index (κ3) is 6.91. The van der Waals surface area contributed by atoms with Crippen LogP contribution in [-0.2, 0) is 14.3 Å². The van der Waals surface area contributed by atoms with E-state index in [0.717, 1.165) is 25.0 Å². The van der Waals surface area contributed by atoms with Crippen molar-refractivity contribution in [1.82, 2.24) is 5.32 Å². The van der Waals surface area contributed by atoms with Crippen molar-refractivity contribution in [2.24, 2.45) is 5.92 Å². The van der Waals surface area contributed by atoms with Gasteiger partial charge >= 0.3 is 12.3 Å². The van der Waals surface area contributed by atoms with Crippen LogP contribution in [0, 0.1) is 5.92 Å². The van der Waals surface area contributed by atoms with Gasteiger partial charge in [0.1, 0.15) is 5.75 Å². The zero-order valence-corrected chi connectivity index (χ0v) is 13.9. The summed E-state index contributed by atoms with van der Waals surface area (Å²) in [6.45, 7) is 1.19. The lowest BCUT2D eigenvalue weighted by Gasteiger charge is -2.23. The van der Waals surface area contributed by atoms with Gasteiger partial charge in [0.15, 0.2) is 0 Å². The molecule has 0 aliphatic carbocycles. The molecule has 2 N–H and O–H groups in total. The summed E-state index contributed by atoms with van der Waals surface area (Å²) in [4.78, 5) is 23.3. The molecule has 2 rings (SSSR count). The van der Waals surface area contributed by atoms with E-state index in [1.54, 1.807) is 0 Å². The van der Waals surface area contributed by atoms with Gasteiger partial charge in [0.2, 0.25) is 5.91 Å². The first-order valence-corrected chi connectivity index (χ1v) is 8.17. The lowest BCUT2D eigenvalue weighted by atomic mass is 9.95. The molecule has 144 valence electrons. The zero-order chi connectivity index (χ0) is 19.2. The SMILES string of the molecule is O=C(O)CC(NC(=O)CC1CCOCC1)c1ccc(OC(F)(F)F)cc1. The molecular formula is C17H20F3NO5. The minimum atomic E-state index is -4.81. The number of aliphatic carboxylic acids is 1. The van der Waals surface area contributed by atoms with Gasteiger partial charge in [0, 0.05) is 19.6 Å². The number of hydrogen-bond donors (Lipinski definition) is 2. The summed E-state index contributed by atoms with van der Waals surface area (Å²) in [5.74, 6) is -1.66. The Morgan fingerprint density at radius 3 is 2.38 bits per heavy atom. The summed E-state index contributed by atoms with van der Waals surface area (Å²) in [5.41, 5.74) is 0.391. The number of carbonyl (C=O) groups is 2. The number of rotatable bonds is 7. The number of ether oxygens (including phenoxy) is 2. The van der Waals surface area contributed by atoms with Crippen LogP contribution >= 0.6 is 0 Å². The van der Waals surface area contributed by atoms with Crippen LogP contribution in [0.15, 0.2) is 24.3 Å². The molecule has 0 radical (unpaired) electrons. The van der Waals surface area contributed by atoms with E-state index in [1.165, 1.54) is 12.1 Å². The summed E-state index contributed by atoms with van der Waals surface area (Å²) in [7, 11) is 0. The normalized spacial score (nSPS) is 16.7. The van der Waals surface area contributed by atoms with Crippen LogP contribution in [0.3, 0.4) is 0 Å². The van der Waals surface area contributed by atoms with Gasteiger partial charge in [-0.2, -0.15) is 0 Å². The van der Waals surface area contributed by atoms with E-state index in [4.69, 9.17) is 9.84 Å². The predicted molar refractivity (Wildman–Crippen MR) is 84.4 cm³/mol. The van der Waals surface area contributed by atoms with Crippen molar-refractivity contribution in [2.45, 2.75) is 38.1 Å². The highest BCUT2D eigenvalue weighted by Crippen LogP contribution is 2.26. The first kappa shape index (κ1) is 20.0. The second-order valence-electron chi connectivity index (χ2n) is 6.09. The van der Waals surface area contributed by atoms with Crippen LogP contribution in [0.25, 0.3) is 0 Å².